The summed E-state index contributed by atoms with van der Waals surface area (Å²) in [6.07, 6.45) is -3.06. The van der Waals surface area contributed by atoms with Crippen LogP contribution >= 0.6 is 0 Å². The number of carbonyl (C=O) groups is 2. The molecule has 0 aromatic carbocycles. The Morgan fingerprint density at radius 2 is 2.00 bits per heavy atom. The number of rotatable bonds is 2. The standard InChI is InChI=1S/C12H17F3N2O3/c13-12(14,15)11(10(19)20)4-6-17(7-11)9(18)8-3-1-2-5-16-8/h8,16H,1-7H2,(H,19,20). The van der Waals surface area contributed by atoms with Gasteiger partial charge in [-0.05, 0) is 25.8 Å². The summed E-state index contributed by atoms with van der Waals surface area (Å²) in [7, 11) is 0. The average Bonchev–Trinajstić information content (AvgIpc) is 2.85. The molecule has 2 aliphatic rings. The molecule has 2 unspecified atom stereocenters. The number of hydrogen-bond donors (Lipinski definition) is 2. The fraction of sp³-hybridized carbons (Fsp3) is 0.833. The highest BCUT2D eigenvalue weighted by atomic mass is 19.4. The number of halogens is 3. The van der Waals surface area contributed by atoms with Crippen LogP contribution in [0, 0.1) is 5.41 Å². The summed E-state index contributed by atoms with van der Waals surface area (Å²) in [5, 5.41) is 11.9. The summed E-state index contributed by atoms with van der Waals surface area (Å²) >= 11 is 0. The summed E-state index contributed by atoms with van der Waals surface area (Å²) in [5.41, 5.74) is -2.82. The van der Waals surface area contributed by atoms with Gasteiger partial charge < -0.3 is 15.3 Å². The minimum absolute atomic E-state index is 0.164. The lowest BCUT2D eigenvalue weighted by Gasteiger charge is -2.30. The van der Waals surface area contributed by atoms with Gasteiger partial charge in [-0.2, -0.15) is 13.2 Å². The summed E-state index contributed by atoms with van der Waals surface area (Å²) in [4.78, 5) is 24.2. The van der Waals surface area contributed by atoms with Gasteiger partial charge in [-0.1, -0.05) is 6.42 Å². The Hall–Kier alpha value is -1.31. The first-order valence-corrected chi connectivity index (χ1v) is 6.60. The fourth-order valence-corrected chi connectivity index (χ4v) is 2.81. The van der Waals surface area contributed by atoms with Crippen molar-refractivity contribution >= 4 is 11.9 Å². The highest BCUT2D eigenvalue weighted by Crippen LogP contribution is 2.45. The lowest BCUT2D eigenvalue weighted by molar-refractivity contribution is -0.227. The molecular weight excluding hydrogens is 277 g/mol. The van der Waals surface area contributed by atoms with Crippen LogP contribution in [0.5, 0.6) is 0 Å². The topological polar surface area (TPSA) is 69.6 Å². The van der Waals surface area contributed by atoms with Crippen molar-refractivity contribution in [1.29, 1.82) is 0 Å². The molecule has 114 valence electrons. The lowest BCUT2D eigenvalue weighted by Crippen LogP contribution is -2.51. The average molecular weight is 294 g/mol. The van der Waals surface area contributed by atoms with Gasteiger partial charge in [0, 0.05) is 13.1 Å². The van der Waals surface area contributed by atoms with Crippen molar-refractivity contribution in [1.82, 2.24) is 10.2 Å². The summed E-state index contributed by atoms with van der Waals surface area (Å²) < 4.78 is 39.0. The van der Waals surface area contributed by atoms with Crippen molar-refractivity contribution in [3.8, 4) is 0 Å². The van der Waals surface area contributed by atoms with Gasteiger partial charge in [0.1, 0.15) is 0 Å². The molecule has 5 nitrogen and oxygen atoms in total. The van der Waals surface area contributed by atoms with E-state index in [1.54, 1.807) is 0 Å². The maximum atomic E-state index is 13.0. The molecule has 0 saturated carbocycles. The van der Waals surface area contributed by atoms with Gasteiger partial charge in [0.25, 0.3) is 0 Å². The van der Waals surface area contributed by atoms with Crippen molar-refractivity contribution in [2.24, 2.45) is 5.41 Å². The number of nitrogens with zero attached hydrogens (tertiary/aromatic N) is 1. The maximum absolute atomic E-state index is 13.0. The molecule has 0 aromatic rings. The van der Waals surface area contributed by atoms with Gasteiger partial charge in [0.05, 0.1) is 6.04 Å². The van der Waals surface area contributed by atoms with Crippen molar-refractivity contribution in [3.63, 3.8) is 0 Å². The van der Waals surface area contributed by atoms with Crippen molar-refractivity contribution in [3.05, 3.63) is 0 Å². The number of likely N-dealkylation sites (tertiary alicyclic amines) is 1. The van der Waals surface area contributed by atoms with Crippen LogP contribution in [0.1, 0.15) is 25.7 Å². The van der Waals surface area contributed by atoms with Gasteiger partial charge in [0.2, 0.25) is 5.91 Å². The molecule has 2 atom stereocenters. The number of hydrogen-bond acceptors (Lipinski definition) is 3. The van der Waals surface area contributed by atoms with Gasteiger partial charge in [-0.15, -0.1) is 0 Å². The molecule has 0 radical (unpaired) electrons. The molecule has 2 rings (SSSR count). The molecule has 0 spiro atoms. The van der Waals surface area contributed by atoms with Crippen molar-refractivity contribution in [2.75, 3.05) is 19.6 Å². The van der Waals surface area contributed by atoms with Gasteiger partial charge in [0.15, 0.2) is 5.41 Å². The van der Waals surface area contributed by atoms with Crippen molar-refractivity contribution < 1.29 is 27.9 Å². The second kappa shape index (κ2) is 5.23. The number of nitrogens with one attached hydrogen (secondary N) is 1. The molecular formula is C12H17F3N2O3. The number of carboxylic acids is 1. The van der Waals surface area contributed by atoms with E-state index >= 15 is 0 Å². The highest BCUT2D eigenvalue weighted by Gasteiger charge is 2.64. The molecule has 0 bridgehead atoms. The van der Waals surface area contributed by atoms with E-state index in [2.05, 4.69) is 5.32 Å². The number of amides is 1. The van der Waals surface area contributed by atoms with Crippen LogP contribution in [0.4, 0.5) is 13.2 Å². The summed E-state index contributed by atoms with van der Waals surface area (Å²) in [5.74, 6) is -2.33. The van der Waals surface area contributed by atoms with E-state index in [9.17, 15) is 22.8 Å². The zero-order valence-corrected chi connectivity index (χ0v) is 10.9. The molecule has 0 aliphatic carbocycles. The zero-order chi connectivity index (χ0) is 15.0. The first kappa shape index (κ1) is 15.1. The van der Waals surface area contributed by atoms with E-state index in [0.29, 0.717) is 13.0 Å². The number of alkyl halides is 3. The largest absolute Gasteiger partial charge is 0.481 e. The predicted molar refractivity (Wildman–Crippen MR) is 63.0 cm³/mol. The van der Waals surface area contributed by atoms with Gasteiger partial charge >= 0.3 is 12.1 Å². The van der Waals surface area contributed by atoms with Crippen LogP contribution in [0.25, 0.3) is 0 Å². The monoisotopic (exact) mass is 294 g/mol. The normalized spacial score (nSPS) is 31.4. The van der Waals surface area contributed by atoms with E-state index in [4.69, 9.17) is 5.11 Å². The first-order valence-electron chi connectivity index (χ1n) is 6.60. The van der Waals surface area contributed by atoms with Gasteiger partial charge in [-0.3, -0.25) is 9.59 Å². The van der Waals surface area contributed by atoms with Crippen LogP contribution in [-0.4, -0.2) is 53.7 Å². The predicted octanol–water partition coefficient (Wildman–Crippen LogP) is 0.994. The third-order valence-electron chi connectivity index (χ3n) is 4.14. The van der Waals surface area contributed by atoms with E-state index in [0.717, 1.165) is 17.7 Å². The Morgan fingerprint density at radius 3 is 2.45 bits per heavy atom. The Bertz CT molecular complexity index is 407. The molecule has 2 N–H and O–H groups in total. The summed E-state index contributed by atoms with van der Waals surface area (Å²) in [6.45, 7) is -0.292. The molecule has 2 fully saturated rings. The third-order valence-corrected chi connectivity index (χ3v) is 4.14. The molecule has 0 aromatic heterocycles. The van der Waals surface area contributed by atoms with Crippen LogP contribution in [0.15, 0.2) is 0 Å². The molecule has 2 heterocycles. The van der Waals surface area contributed by atoms with Crippen LogP contribution < -0.4 is 5.32 Å². The van der Waals surface area contributed by atoms with Crippen LogP contribution in [-0.2, 0) is 9.59 Å². The zero-order valence-electron chi connectivity index (χ0n) is 10.9. The van der Waals surface area contributed by atoms with E-state index < -0.39 is 42.5 Å². The lowest BCUT2D eigenvalue weighted by atomic mass is 9.86. The number of aliphatic carboxylic acids is 1. The Labute approximate surface area is 114 Å². The van der Waals surface area contributed by atoms with E-state index in [1.165, 1.54) is 0 Å². The van der Waals surface area contributed by atoms with Gasteiger partial charge in [-0.25, -0.2) is 0 Å². The van der Waals surface area contributed by atoms with E-state index in [1.807, 2.05) is 0 Å². The minimum atomic E-state index is -4.85. The first-order chi connectivity index (χ1) is 9.28. The summed E-state index contributed by atoms with van der Waals surface area (Å²) in [6, 6.07) is -0.485. The third kappa shape index (κ3) is 2.48. The maximum Gasteiger partial charge on any atom is 0.406 e. The second-order valence-corrected chi connectivity index (χ2v) is 5.40. The highest BCUT2D eigenvalue weighted by molar-refractivity contribution is 5.84. The number of carbonyl (C=O) groups excluding carboxylic acids is 1. The fourth-order valence-electron chi connectivity index (χ4n) is 2.81. The Balaban J connectivity index is 2.10. The number of piperidine rings is 1. The number of carboxylic acid groups (broad SMARTS) is 1. The van der Waals surface area contributed by atoms with Crippen LogP contribution in [0.3, 0.4) is 0 Å². The second-order valence-electron chi connectivity index (χ2n) is 5.40. The smallest absolute Gasteiger partial charge is 0.406 e. The molecule has 20 heavy (non-hydrogen) atoms. The molecule has 2 aliphatic heterocycles. The quantitative estimate of drug-likeness (QED) is 0.797. The van der Waals surface area contributed by atoms with E-state index in [-0.39, 0.29) is 6.54 Å². The molecule has 2 saturated heterocycles. The van der Waals surface area contributed by atoms with Crippen molar-refractivity contribution in [2.45, 2.75) is 37.9 Å². The molecule has 8 heteroatoms. The minimum Gasteiger partial charge on any atom is -0.481 e. The van der Waals surface area contributed by atoms with Crippen LogP contribution in [0.2, 0.25) is 0 Å². The molecule has 1 amide bonds. The SMILES string of the molecule is O=C(C1CCCCN1)N1CCC(C(=O)O)(C(F)(F)F)C1. The Kier molecular flexibility index (Phi) is 3.95. The Morgan fingerprint density at radius 1 is 1.30 bits per heavy atom.